The Kier molecular flexibility index (Phi) is 8.97. The van der Waals surface area contributed by atoms with Crippen LogP contribution >= 0.6 is 11.3 Å². The van der Waals surface area contributed by atoms with Gasteiger partial charge in [-0.3, -0.25) is 0 Å². The number of hydroxylamine groups is 2. The summed E-state index contributed by atoms with van der Waals surface area (Å²) in [4.78, 5) is 18.0. The van der Waals surface area contributed by atoms with Gasteiger partial charge in [0.2, 0.25) is 0 Å². The molecule has 1 N–H and O–H groups in total. The molecule has 0 aliphatic heterocycles. The van der Waals surface area contributed by atoms with Crippen molar-refractivity contribution >= 4 is 27.4 Å². The number of thiophene rings is 1. The molecule has 0 fully saturated rings. The van der Waals surface area contributed by atoms with Crippen molar-refractivity contribution in [1.29, 1.82) is 0 Å². The highest BCUT2D eigenvalue weighted by Crippen LogP contribution is 2.32. The predicted molar refractivity (Wildman–Crippen MR) is 144 cm³/mol. The summed E-state index contributed by atoms with van der Waals surface area (Å²) >= 11 is 1.48. The van der Waals surface area contributed by atoms with E-state index in [4.69, 9.17) is 9.57 Å². The van der Waals surface area contributed by atoms with Crippen molar-refractivity contribution in [3.63, 3.8) is 0 Å². The van der Waals surface area contributed by atoms with Crippen LogP contribution in [0.2, 0.25) is 0 Å². The smallest absolute Gasteiger partial charge is 0.367 e. The maximum Gasteiger partial charge on any atom is 0.367 e. The lowest BCUT2D eigenvalue weighted by Gasteiger charge is -2.26. The molecule has 0 spiro atoms. The van der Waals surface area contributed by atoms with Crippen molar-refractivity contribution < 1.29 is 19.5 Å². The van der Waals surface area contributed by atoms with Gasteiger partial charge in [-0.1, -0.05) is 52.0 Å². The van der Waals surface area contributed by atoms with E-state index >= 15 is 0 Å². The molecule has 0 aliphatic rings. The molecule has 2 atom stereocenters. The largest absolute Gasteiger partial charge is 0.491 e. The number of aliphatic hydroxyl groups is 1. The zero-order chi connectivity index (χ0) is 25.8. The van der Waals surface area contributed by atoms with E-state index in [1.165, 1.54) is 27.5 Å². The number of hydrogen-bond acceptors (Lipinski definition) is 6. The van der Waals surface area contributed by atoms with E-state index in [0.717, 1.165) is 40.7 Å². The fraction of sp³-hybridized carbons (Fsp3) is 0.483. The average molecular weight is 498 g/mol. The second-order valence-electron chi connectivity index (χ2n) is 10.5. The predicted octanol–water partition coefficient (Wildman–Crippen LogP) is 6.76. The Balaban J connectivity index is 1.65. The molecule has 1 aromatic heterocycles. The number of nitrogens with zero attached hydrogens (tertiary/aromatic N) is 1. The summed E-state index contributed by atoms with van der Waals surface area (Å²) < 4.78 is 7.03. The van der Waals surface area contributed by atoms with Crippen LogP contribution in [0, 0.1) is 12.3 Å². The van der Waals surface area contributed by atoms with Crippen LogP contribution in [0.15, 0.2) is 42.5 Å². The molecule has 3 aromatic rings. The number of hydrogen-bond donors (Lipinski definition) is 1. The molecule has 0 bridgehead atoms. The van der Waals surface area contributed by atoms with E-state index in [1.807, 2.05) is 32.9 Å². The molecule has 5 nitrogen and oxygen atoms in total. The molecule has 0 saturated heterocycles. The first-order valence-corrected chi connectivity index (χ1v) is 13.1. The van der Waals surface area contributed by atoms with E-state index in [9.17, 15) is 9.90 Å². The molecule has 0 aliphatic carbocycles. The normalized spacial score (nSPS) is 13.7. The Morgan fingerprint density at radius 2 is 1.86 bits per heavy atom. The minimum Gasteiger partial charge on any atom is -0.491 e. The number of carbonyl (C=O) groups is 1. The zero-order valence-corrected chi connectivity index (χ0v) is 22.9. The number of aryl methyl sites for hydroxylation is 2. The van der Waals surface area contributed by atoms with Crippen molar-refractivity contribution in [1.82, 2.24) is 5.06 Å². The summed E-state index contributed by atoms with van der Waals surface area (Å²) in [6.45, 7) is 10.6. The van der Waals surface area contributed by atoms with Gasteiger partial charge in [-0.15, -0.1) is 16.4 Å². The summed E-state index contributed by atoms with van der Waals surface area (Å²) in [7, 11) is 3.40. The van der Waals surface area contributed by atoms with Gasteiger partial charge in [0, 0.05) is 18.8 Å². The van der Waals surface area contributed by atoms with Crippen LogP contribution in [0.1, 0.15) is 72.8 Å². The highest BCUT2D eigenvalue weighted by Gasteiger charge is 2.23. The van der Waals surface area contributed by atoms with Crippen molar-refractivity contribution in [2.45, 2.75) is 65.9 Å². The standard InChI is InChI=1S/C29H39NO4S/c1-8-21(22-13-14-24(19(2)15-22)33-18-27(31)29(3,4)5)11-9-20-10-12-23-17-26(35-25(23)16-20)28(32)34-30(6)7/h10,12-17,21,27,31H,8-9,11,18H2,1-7H3. The molecule has 3 rings (SSSR count). The van der Waals surface area contributed by atoms with Gasteiger partial charge in [-0.2, -0.15) is 0 Å². The number of rotatable bonds is 10. The third-order valence-electron chi connectivity index (χ3n) is 6.39. The Hall–Kier alpha value is -2.41. The molecular weight excluding hydrogens is 458 g/mol. The van der Waals surface area contributed by atoms with E-state index < -0.39 is 6.10 Å². The number of ether oxygens (including phenoxy) is 1. The van der Waals surface area contributed by atoms with Gasteiger partial charge in [-0.05, 0) is 77.8 Å². The van der Waals surface area contributed by atoms with Gasteiger partial charge in [0.15, 0.2) is 0 Å². The van der Waals surface area contributed by atoms with Gasteiger partial charge < -0.3 is 14.7 Å². The number of fused-ring (bicyclic) bond motifs is 1. The molecule has 0 amide bonds. The monoisotopic (exact) mass is 497 g/mol. The van der Waals surface area contributed by atoms with Gasteiger partial charge in [0.1, 0.15) is 17.2 Å². The molecule has 1 heterocycles. The van der Waals surface area contributed by atoms with Gasteiger partial charge in [0.25, 0.3) is 0 Å². The van der Waals surface area contributed by atoms with Crippen LogP contribution in [-0.4, -0.2) is 42.9 Å². The maximum absolute atomic E-state index is 12.2. The Labute approximate surface area is 213 Å². The number of benzene rings is 2. The molecule has 0 saturated carbocycles. The van der Waals surface area contributed by atoms with Crippen LogP contribution in [0.3, 0.4) is 0 Å². The van der Waals surface area contributed by atoms with E-state index in [-0.39, 0.29) is 11.4 Å². The Morgan fingerprint density at radius 3 is 2.49 bits per heavy atom. The van der Waals surface area contributed by atoms with Gasteiger partial charge in [-0.25, -0.2) is 4.79 Å². The van der Waals surface area contributed by atoms with Crippen LogP contribution < -0.4 is 4.74 Å². The average Bonchev–Trinajstić information content (AvgIpc) is 3.21. The third kappa shape index (κ3) is 7.29. The van der Waals surface area contributed by atoms with E-state index in [2.05, 4.69) is 44.2 Å². The SMILES string of the molecule is CCC(CCc1ccc2cc(C(=O)ON(C)C)sc2c1)c1ccc(OCC(O)C(C)(C)C)c(C)c1. The second-order valence-corrected chi connectivity index (χ2v) is 11.6. The van der Waals surface area contributed by atoms with Crippen molar-refractivity contribution in [2.24, 2.45) is 5.41 Å². The first kappa shape index (κ1) is 27.2. The minimum absolute atomic E-state index is 0.204. The summed E-state index contributed by atoms with van der Waals surface area (Å²) in [6.07, 6.45) is 2.56. The topological polar surface area (TPSA) is 59.0 Å². The van der Waals surface area contributed by atoms with Crippen LogP contribution in [-0.2, 0) is 11.3 Å². The number of carbonyl (C=O) groups excluding carboxylic acids is 1. The summed E-state index contributed by atoms with van der Waals surface area (Å²) in [6, 6.07) is 14.8. The molecule has 190 valence electrons. The molecule has 2 unspecified atom stereocenters. The van der Waals surface area contributed by atoms with Gasteiger partial charge in [0.05, 0.1) is 6.10 Å². The third-order valence-corrected chi connectivity index (χ3v) is 7.47. The molecular formula is C29H39NO4S. The lowest BCUT2D eigenvalue weighted by molar-refractivity contribution is -0.0709. The summed E-state index contributed by atoms with van der Waals surface area (Å²) in [5.41, 5.74) is 3.49. The first-order chi connectivity index (χ1) is 16.5. The summed E-state index contributed by atoms with van der Waals surface area (Å²) in [5, 5.41) is 12.8. The first-order valence-electron chi connectivity index (χ1n) is 12.3. The fourth-order valence-corrected chi connectivity index (χ4v) is 5.00. The van der Waals surface area contributed by atoms with E-state index in [0.29, 0.717) is 17.4 Å². The van der Waals surface area contributed by atoms with Crippen molar-refractivity contribution in [3.05, 3.63) is 64.0 Å². The molecule has 35 heavy (non-hydrogen) atoms. The Morgan fingerprint density at radius 1 is 1.11 bits per heavy atom. The van der Waals surface area contributed by atoms with Crippen LogP contribution in [0.5, 0.6) is 5.75 Å². The molecule has 2 aromatic carbocycles. The minimum atomic E-state index is -0.514. The number of aliphatic hydroxyl groups excluding tert-OH is 1. The van der Waals surface area contributed by atoms with Crippen LogP contribution in [0.25, 0.3) is 10.1 Å². The van der Waals surface area contributed by atoms with Gasteiger partial charge >= 0.3 is 5.97 Å². The van der Waals surface area contributed by atoms with E-state index in [1.54, 1.807) is 14.1 Å². The van der Waals surface area contributed by atoms with Crippen molar-refractivity contribution in [2.75, 3.05) is 20.7 Å². The zero-order valence-electron chi connectivity index (χ0n) is 22.1. The molecule has 0 radical (unpaired) electrons. The van der Waals surface area contributed by atoms with Crippen molar-refractivity contribution in [3.8, 4) is 5.75 Å². The second kappa shape index (κ2) is 11.5. The Bertz CT molecular complexity index is 1150. The van der Waals surface area contributed by atoms with Crippen LogP contribution in [0.4, 0.5) is 0 Å². The maximum atomic E-state index is 12.2. The molecule has 6 heteroatoms. The fourth-order valence-electron chi connectivity index (χ4n) is 4.00. The highest BCUT2D eigenvalue weighted by molar-refractivity contribution is 7.20. The quantitative estimate of drug-likeness (QED) is 0.314. The summed E-state index contributed by atoms with van der Waals surface area (Å²) in [5.74, 6) is 0.964. The lowest BCUT2D eigenvalue weighted by atomic mass is 9.89. The lowest BCUT2D eigenvalue weighted by Crippen LogP contribution is -2.32. The highest BCUT2D eigenvalue weighted by atomic mass is 32.1.